The molecule has 0 saturated carbocycles. The van der Waals surface area contributed by atoms with Crippen LogP contribution in [0.3, 0.4) is 0 Å². The molecule has 0 aliphatic heterocycles. The summed E-state index contributed by atoms with van der Waals surface area (Å²) in [5, 5.41) is 18.3. The van der Waals surface area contributed by atoms with Gasteiger partial charge >= 0.3 is 0 Å². The normalized spacial score (nSPS) is 12.0. The molecule has 0 radical (unpaired) electrons. The maximum atomic E-state index is 5.99. The van der Waals surface area contributed by atoms with Crippen molar-refractivity contribution in [1.29, 1.82) is 0 Å². The lowest BCUT2D eigenvalue weighted by molar-refractivity contribution is -0.0124. The molecule has 0 bridgehead atoms. The Balaban J connectivity index is 1.36. The average Bonchev–Trinajstić information content (AvgIpc) is 3.99. The third kappa shape index (κ3) is 16.2. The highest BCUT2D eigenvalue weighted by Gasteiger charge is 2.22. The summed E-state index contributed by atoms with van der Waals surface area (Å²) in [4.78, 5) is 10.2. The molecule has 2 aromatic carbocycles. The van der Waals surface area contributed by atoms with Crippen LogP contribution in [0.5, 0.6) is 0 Å². The number of benzene rings is 2. The van der Waals surface area contributed by atoms with Crippen molar-refractivity contribution in [2.75, 3.05) is 161 Å². The Bertz CT molecular complexity index is 1780. The van der Waals surface area contributed by atoms with Crippen molar-refractivity contribution in [1.82, 2.24) is 40.0 Å². The van der Waals surface area contributed by atoms with Crippen molar-refractivity contribution in [3.05, 3.63) is 48.8 Å². The molecule has 20 nitrogen and oxygen atoms in total. The molecule has 0 fully saturated rings. The number of fused-ring (bicyclic) bond motifs is 2. The Morgan fingerprint density at radius 1 is 0.403 bits per heavy atom. The van der Waals surface area contributed by atoms with Crippen LogP contribution in [-0.2, 0) is 56.8 Å². The Kier molecular flexibility index (Phi) is 23.1. The van der Waals surface area contributed by atoms with Crippen LogP contribution in [0, 0.1) is 0 Å². The van der Waals surface area contributed by atoms with E-state index < -0.39 is 0 Å². The molecular formula is C42H62N8O12. The fourth-order valence-electron chi connectivity index (χ4n) is 6.00. The first-order chi connectivity index (χ1) is 30.7. The van der Waals surface area contributed by atoms with Gasteiger partial charge in [0.15, 0.2) is 0 Å². The lowest BCUT2D eigenvalue weighted by atomic mass is 10.0. The molecule has 5 rings (SSSR count). The molecule has 0 aliphatic carbocycles. The molecule has 0 saturated heterocycles. The number of methoxy groups -OCH3 is 4. The zero-order chi connectivity index (χ0) is 43.5. The summed E-state index contributed by atoms with van der Waals surface area (Å²) in [5.41, 5.74) is 5.47. The fraction of sp³-hybridized carbons (Fsp3) is 0.619. The molecule has 0 N–H and O–H groups in total. The first-order valence-corrected chi connectivity index (χ1v) is 20.8. The van der Waals surface area contributed by atoms with Gasteiger partial charge in [-0.15, -0.1) is 10.2 Å². The lowest BCUT2D eigenvalue weighted by Gasteiger charge is -2.17. The third-order valence-corrected chi connectivity index (χ3v) is 9.27. The highest BCUT2D eigenvalue weighted by Crippen LogP contribution is 2.34. The number of para-hydroxylation sites is 2. The van der Waals surface area contributed by atoms with Crippen LogP contribution in [0.1, 0.15) is 12.1 Å². The number of aromatic nitrogens is 8. The fourth-order valence-corrected chi connectivity index (χ4v) is 6.00. The van der Waals surface area contributed by atoms with Gasteiger partial charge in [-0.25, -0.2) is 19.3 Å². The van der Waals surface area contributed by atoms with Crippen LogP contribution >= 0.6 is 0 Å². The van der Waals surface area contributed by atoms with Gasteiger partial charge in [0.1, 0.15) is 23.5 Å². The molecule has 20 heteroatoms. The van der Waals surface area contributed by atoms with Gasteiger partial charge in [0.25, 0.3) is 0 Å². The largest absolute Gasteiger partial charge is 0.382 e. The molecule has 5 aromatic rings. The van der Waals surface area contributed by atoms with Crippen LogP contribution in [0.4, 0.5) is 0 Å². The van der Waals surface area contributed by atoms with E-state index in [1.807, 2.05) is 48.8 Å². The predicted octanol–water partition coefficient (Wildman–Crippen LogP) is 3.10. The van der Waals surface area contributed by atoms with Crippen molar-refractivity contribution in [3.8, 4) is 22.5 Å². The highest BCUT2D eigenvalue weighted by molar-refractivity contribution is 6.02. The first kappa shape index (κ1) is 48.9. The zero-order valence-corrected chi connectivity index (χ0v) is 36.4. The van der Waals surface area contributed by atoms with Crippen molar-refractivity contribution in [3.63, 3.8) is 0 Å². The maximum Gasteiger partial charge on any atom is 0.115 e. The van der Waals surface area contributed by atoms with E-state index in [4.69, 9.17) is 66.8 Å². The molecule has 0 amide bonds. The van der Waals surface area contributed by atoms with Gasteiger partial charge in [-0.2, -0.15) is 0 Å². The summed E-state index contributed by atoms with van der Waals surface area (Å²) in [6, 6.07) is 11.1. The minimum absolute atomic E-state index is 0.283. The van der Waals surface area contributed by atoms with E-state index >= 15 is 0 Å². The third-order valence-electron chi connectivity index (χ3n) is 9.27. The maximum absolute atomic E-state index is 5.99. The smallest absolute Gasteiger partial charge is 0.115 e. The van der Waals surface area contributed by atoms with Gasteiger partial charge in [-0.1, -0.05) is 22.6 Å². The second-order valence-electron chi connectivity index (χ2n) is 13.8. The minimum atomic E-state index is -0.283. The van der Waals surface area contributed by atoms with Gasteiger partial charge in [0.05, 0.1) is 167 Å². The van der Waals surface area contributed by atoms with Gasteiger partial charge in [0, 0.05) is 39.6 Å². The highest BCUT2D eigenvalue weighted by atomic mass is 16.6. The number of nitrogens with zero attached hydrogens (tertiary/aromatic N) is 8. The summed E-state index contributed by atoms with van der Waals surface area (Å²) in [5.74, 6) is 0. The first-order valence-electron chi connectivity index (χ1n) is 20.8. The summed E-state index contributed by atoms with van der Waals surface area (Å²) in [6.45, 7) is 8.68. The van der Waals surface area contributed by atoms with E-state index in [9.17, 15) is 0 Å². The standard InChI is InChI=1S/C42H62N8O12/c1-51-11-15-55-19-23-59-29-33(30-60-24-20-56-16-12-52-2)49-27-39(45-47-49)35-9-10-36(42-41(35)43-37-7-5-6-8-38(37)44-42)40-28-50(48-46-40)34(31-61-25-21-57-17-13-53-3)32-62-26-22-58-18-14-54-4/h5-10,27-28,33-34H,11-26,29-32H2,1-4H3. The number of hydrogen-bond acceptors (Lipinski definition) is 18. The molecular weight excluding hydrogens is 809 g/mol. The van der Waals surface area contributed by atoms with Crippen LogP contribution in [-0.4, -0.2) is 201 Å². The van der Waals surface area contributed by atoms with E-state index in [1.54, 1.807) is 37.8 Å². The minimum Gasteiger partial charge on any atom is -0.382 e. The lowest BCUT2D eigenvalue weighted by Crippen LogP contribution is -2.24. The Labute approximate surface area is 362 Å². The van der Waals surface area contributed by atoms with Crippen molar-refractivity contribution < 1.29 is 56.8 Å². The summed E-state index contributed by atoms with van der Waals surface area (Å²) < 4.78 is 70.0. The molecule has 3 heterocycles. The Morgan fingerprint density at radius 2 is 0.710 bits per heavy atom. The molecule has 0 atom stereocenters. The molecule has 3 aromatic heterocycles. The number of ether oxygens (including phenoxy) is 12. The number of hydrogen-bond donors (Lipinski definition) is 0. The van der Waals surface area contributed by atoms with Crippen LogP contribution in [0.25, 0.3) is 44.6 Å². The SMILES string of the molecule is COCCOCCOCC(COCCOCCOC)n1cc(-c2ccc(-c3cn(C(COCCOCCOC)COCCOCCOC)nn3)c3nc4ccccc4nc23)nn1. The Morgan fingerprint density at radius 3 is 1.03 bits per heavy atom. The molecule has 62 heavy (non-hydrogen) atoms. The molecule has 342 valence electrons. The van der Waals surface area contributed by atoms with Gasteiger partial charge < -0.3 is 56.8 Å². The van der Waals surface area contributed by atoms with E-state index in [2.05, 4.69) is 20.6 Å². The number of rotatable bonds is 36. The van der Waals surface area contributed by atoms with E-state index in [-0.39, 0.29) is 12.1 Å². The monoisotopic (exact) mass is 870 g/mol. The van der Waals surface area contributed by atoms with Gasteiger partial charge in [-0.05, 0) is 24.3 Å². The second kappa shape index (κ2) is 29.3. The Hall–Kier alpha value is -4.16. The molecule has 0 unspecified atom stereocenters. The van der Waals surface area contributed by atoms with E-state index in [0.29, 0.717) is 155 Å². The second-order valence-corrected chi connectivity index (χ2v) is 13.8. The van der Waals surface area contributed by atoms with Gasteiger partial charge in [0.2, 0.25) is 0 Å². The van der Waals surface area contributed by atoms with E-state index in [1.165, 1.54) is 0 Å². The molecule has 0 aliphatic rings. The van der Waals surface area contributed by atoms with Crippen molar-refractivity contribution in [2.24, 2.45) is 0 Å². The van der Waals surface area contributed by atoms with Crippen LogP contribution < -0.4 is 0 Å². The summed E-state index contributed by atoms with van der Waals surface area (Å²) in [7, 11) is 6.55. The average molecular weight is 871 g/mol. The van der Waals surface area contributed by atoms with Crippen molar-refractivity contribution >= 4 is 22.1 Å². The summed E-state index contributed by atoms with van der Waals surface area (Å²) >= 11 is 0. The zero-order valence-electron chi connectivity index (χ0n) is 36.4. The predicted molar refractivity (Wildman–Crippen MR) is 227 cm³/mol. The van der Waals surface area contributed by atoms with Gasteiger partial charge in [-0.3, -0.25) is 0 Å². The van der Waals surface area contributed by atoms with Crippen LogP contribution in [0.2, 0.25) is 0 Å². The molecule has 0 spiro atoms. The van der Waals surface area contributed by atoms with E-state index in [0.717, 1.165) is 22.2 Å². The quantitative estimate of drug-likeness (QED) is 0.0420. The van der Waals surface area contributed by atoms with Crippen molar-refractivity contribution in [2.45, 2.75) is 12.1 Å². The summed E-state index contributed by atoms with van der Waals surface area (Å²) in [6.07, 6.45) is 3.75. The van der Waals surface area contributed by atoms with Crippen LogP contribution in [0.15, 0.2) is 48.8 Å². The topological polar surface area (TPSA) is 198 Å².